The van der Waals surface area contributed by atoms with Gasteiger partial charge >= 0.3 is 21.1 Å². The van der Waals surface area contributed by atoms with E-state index < -0.39 is 61.0 Å². The Balaban J connectivity index is 0.000000956. The van der Waals surface area contributed by atoms with Crippen LogP contribution in [0.3, 0.4) is 0 Å². The van der Waals surface area contributed by atoms with Crippen molar-refractivity contribution in [1.82, 2.24) is 5.32 Å². The van der Waals surface area contributed by atoms with Crippen LogP contribution in [0.1, 0.15) is 44.9 Å². The Hall–Kier alpha value is -1.18. The van der Waals surface area contributed by atoms with Crippen LogP contribution in [-0.2, 0) is 40.2 Å². The van der Waals surface area contributed by atoms with Crippen LogP contribution < -0.4 is 27.0 Å². The summed E-state index contributed by atoms with van der Waals surface area (Å²) in [6, 6.07) is -0.805. The molecule has 0 aromatic carbocycles. The molecule has 0 aromatic heterocycles. The Morgan fingerprint density at radius 2 is 1.52 bits per heavy atom. The summed E-state index contributed by atoms with van der Waals surface area (Å²) in [5, 5.41) is 61.4. The van der Waals surface area contributed by atoms with Crippen molar-refractivity contribution in [2.24, 2.45) is 17.4 Å². The molecule has 0 spiro atoms. The van der Waals surface area contributed by atoms with Gasteiger partial charge in [0.05, 0.1) is 18.5 Å². The van der Waals surface area contributed by atoms with Crippen LogP contribution in [0.4, 0.5) is 0 Å². The smallest absolute Gasteiger partial charge is 0.549 e. The van der Waals surface area contributed by atoms with Crippen LogP contribution in [0.25, 0.3) is 0 Å². The molecular formula is C19H33N3O10Pt. The number of aliphatic hydroxyl groups excluding tert-OH is 4. The molecule has 2 aliphatic rings. The molecule has 0 radical (unpaired) electrons. The predicted octanol–water partition coefficient (Wildman–Crippen LogP) is -5.60. The summed E-state index contributed by atoms with van der Waals surface area (Å²) in [5.41, 5.74) is 11.3. The van der Waals surface area contributed by atoms with Gasteiger partial charge in [0.15, 0.2) is 6.29 Å². The van der Waals surface area contributed by atoms with Gasteiger partial charge in [-0.25, -0.2) is 0 Å². The zero-order chi connectivity index (χ0) is 24.4. The number of aliphatic carboxylic acids is 2. The van der Waals surface area contributed by atoms with Crippen molar-refractivity contribution in [3.63, 3.8) is 0 Å². The number of nitrogens with one attached hydrogen (secondary N) is 1. The number of hydrogen-bond acceptors (Lipinski definition) is 12. The molecule has 2 rings (SSSR count). The van der Waals surface area contributed by atoms with Crippen LogP contribution in [0.5, 0.6) is 0 Å². The van der Waals surface area contributed by atoms with Crippen molar-refractivity contribution < 1.29 is 70.8 Å². The third-order valence-corrected chi connectivity index (χ3v) is 5.57. The van der Waals surface area contributed by atoms with Crippen molar-refractivity contribution in [2.75, 3.05) is 6.61 Å². The van der Waals surface area contributed by atoms with E-state index in [0.717, 1.165) is 12.8 Å². The number of nitrogens with two attached hydrogens (primary N) is 2. The predicted molar refractivity (Wildman–Crippen MR) is 104 cm³/mol. The Morgan fingerprint density at radius 1 is 1.00 bits per heavy atom. The van der Waals surface area contributed by atoms with E-state index in [4.69, 9.17) is 21.3 Å². The second kappa shape index (κ2) is 15.7. The van der Waals surface area contributed by atoms with Crippen LogP contribution in [0.2, 0.25) is 0 Å². The van der Waals surface area contributed by atoms with E-state index in [2.05, 4.69) is 5.32 Å². The van der Waals surface area contributed by atoms with Crippen LogP contribution >= 0.6 is 0 Å². The number of carbonyl (C=O) groups is 3. The molecule has 1 aliphatic heterocycles. The second-order valence-corrected chi connectivity index (χ2v) is 8.02. The minimum absolute atomic E-state index is 0. The van der Waals surface area contributed by atoms with Crippen molar-refractivity contribution in [3.05, 3.63) is 0 Å². The van der Waals surface area contributed by atoms with Gasteiger partial charge in [-0.05, 0) is 25.7 Å². The summed E-state index contributed by atoms with van der Waals surface area (Å²) in [5.74, 6) is -6.22. The van der Waals surface area contributed by atoms with Crippen molar-refractivity contribution in [1.29, 1.82) is 0 Å². The largest absolute Gasteiger partial charge is 2.00 e. The fourth-order valence-electron chi connectivity index (χ4n) is 3.50. The van der Waals surface area contributed by atoms with Gasteiger partial charge in [-0.1, -0.05) is 12.8 Å². The number of amides is 1. The number of ether oxygens (including phenoxy) is 1. The first-order valence-corrected chi connectivity index (χ1v) is 10.5. The molecule has 1 aliphatic carbocycles. The number of carboxylic acid groups (broad SMARTS) is 2. The molecule has 7 atom stereocenters. The quantitative estimate of drug-likeness (QED) is 0.121. The molecule has 194 valence electrons. The number of carbonyl (C=O) groups excluding carboxylic acids is 3. The first-order chi connectivity index (χ1) is 15.0. The SMILES string of the molecule is N[C@@H]1CCCC[C@@H]1N.O=C(CCCC(C(=O)[O-])C(=O)[O-])N[C@H]1C(O)O[C@H](CO)[C@@H](O)[C@@H]1O.[Pt+2]. The topological polar surface area (TPSA) is 252 Å². The van der Waals surface area contributed by atoms with Crippen LogP contribution in [-0.4, -0.2) is 87.6 Å². The summed E-state index contributed by atoms with van der Waals surface area (Å²) in [7, 11) is 0. The summed E-state index contributed by atoms with van der Waals surface area (Å²) >= 11 is 0. The fourth-order valence-corrected chi connectivity index (χ4v) is 3.50. The first-order valence-electron chi connectivity index (χ1n) is 10.5. The Kier molecular flexibility index (Phi) is 15.1. The van der Waals surface area contributed by atoms with Gasteiger partial charge in [-0.3, -0.25) is 4.79 Å². The monoisotopic (exact) mass is 658 g/mol. The van der Waals surface area contributed by atoms with E-state index >= 15 is 0 Å². The zero-order valence-corrected chi connectivity index (χ0v) is 20.3. The Labute approximate surface area is 205 Å². The van der Waals surface area contributed by atoms with Gasteiger partial charge in [0.2, 0.25) is 5.91 Å². The zero-order valence-electron chi connectivity index (χ0n) is 18.0. The van der Waals surface area contributed by atoms with Crippen LogP contribution in [0.15, 0.2) is 0 Å². The average molecular weight is 659 g/mol. The summed E-state index contributed by atoms with van der Waals surface area (Å²) in [6.45, 7) is -0.649. The minimum atomic E-state index is -1.85. The van der Waals surface area contributed by atoms with Gasteiger partial charge in [0, 0.05) is 24.4 Å². The van der Waals surface area contributed by atoms with E-state index in [0.29, 0.717) is 0 Å². The van der Waals surface area contributed by atoms with Crippen LogP contribution in [0, 0.1) is 5.92 Å². The van der Waals surface area contributed by atoms with E-state index in [9.17, 15) is 39.9 Å². The minimum Gasteiger partial charge on any atom is -0.549 e. The third kappa shape index (κ3) is 10.3. The number of aliphatic hydroxyl groups is 4. The molecule has 13 nitrogen and oxygen atoms in total. The maximum atomic E-state index is 11.7. The van der Waals surface area contributed by atoms with E-state index in [-0.39, 0.29) is 52.4 Å². The molecule has 2 fully saturated rings. The molecule has 1 unspecified atom stereocenters. The van der Waals surface area contributed by atoms with E-state index in [1.807, 2.05) is 0 Å². The molecular weight excluding hydrogens is 625 g/mol. The normalized spacial score (nSPS) is 31.5. The maximum Gasteiger partial charge on any atom is 2.00 e. The number of hydrogen-bond donors (Lipinski definition) is 7. The molecule has 0 aromatic rings. The molecule has 33 heavy (non-hydrogen) atoms. The van der Waals surface area contributed by atoms with Crippen molar-refractivity contribution in [3.8, 4) is 0 Å². The van der Waals surface area contributed by atoms with Gasteiger partial charge in [0.1, 0.15) is 24.4 Å². The summed E-state index contributed by atoms with van der Waals surface area (Å²) in [4.78, 5) is 32.8. The molecule has 14 heteroatoms. The Morgan fingerprint density at radius 3 is 1.94 bits per heavy atom. The van der Waals surface area contributed by atoms with Gasteiger partial charge in [-0.2, -0.15) is 0 Å². The van der Waals surface area contributed by atoms with Gasteiger partial charge in [-0.15, -0.1) is 0 Å². The third-order valence-electron chi connectivity index (χ3n) is 5.57. The van der Waals surface area contributed by atoms with Gasteiger partial charge in [0.25, 0.3) is 0 Å². The fraction of sp³-hybridized carbons (Fsp3) is 0.842. The average Bonchev–Trinajstić information content (AvgIpc) is 2.73. The standard InChI is InChI=1S/C13H21NO10.C6H14N2.Pt/c15-4-6-9(17)10(18)8(13(23)24-6)14-7(16)3-1-2-5(11(19)20)12(21)22;7-5-3-1-2-4-6(5)8;/h5-6,8-10,13,15,17-18,23H,1-4H2,(H,14,16)(H,19,20)(H,21,22);5-6H,1-4,7-8H2;/q;;+2/p-2/t6-,8-,9-,10-,13?;5-,6+;/m1../s1. The van der Waals surface area contributed by atoms with Crippen molar-refractivity contribution >= 4 is 17.8 Å². The summed E-state index contributed by atoms with van der Waals surface area (Å²) in [6.07, 6.45) is -2.05. The molecule has 9 N–H and O–H groups in total. The van der Waals surface area contributed by atoms with Crippen molar-refractivity contribution in [2.45, 2.75) is 87.7 Å². The number of rotatable bonds is 8. The summed E-state index contributed by atoms with van der Waals surface area (Å²) < 4.78 is 4.85. The van der Waals surface area contributed by atoms with E-state index in [1.165, 1.54) is 12.8 Å². The molecule has 1 heterocycles. The molecule has 1 saturated heterocycles. The molecule has 1 saturated carbocycles. The second-order valence-electron chi connectivity index (χ2n) is 8.02. The maximum absolute atomic E-state index is 11.7. The molecule has 1 amide bonds. The first kappa shape index (κ1) is 31.8. The Bertz CT molecular complexity index is 605. The van der Waals surface area contributed by atoms with Gasteiger partial charge < -0.3 is 61.7 Å². The number of carboxylic acids is 2. The van der Waals surface area contributed by atoms with E-state index in [1.54, 1.807) is 0 Å². The molecule has 0 bridgehead atoms.